The van der Waals surface area contributed by atoms with Crippen molar-refractivity contribution in [2.75, 3.05) is 23.9 Å². The summed E-state index contributed by atoms with van der Waals surface area (Å²) in [4.78, 5) is 13.4. The second-order valence-electron chi connectivity index (χ2n) is 9.08. The lowest BCUT2D eigenvalue weighted by molar-refractivity contribution is 0.290. The molecule has 206 valence electrons. The second-order valence-corrected chi connectivity index (χ2v) is 12.3. The average molecular weight is 582 g/mol. The molecule has 2 N–H and O–H groups in total. The molecule has 2 heterocycles. The number of hydrogen-bond donors (Lipinski definition) is 2. The van der Waals surface area contributed by atoms with Crippen molar-refractivity contribution in [3.63, 3.8) is 0 Å². The molecule has 5 rings (SSSR count). The van der Waals surface area contributed by atoms with E-state index in [0.29, 0.717) is 35.7 Å². The van der Waals surface area contributed by atoms with Gasteiger partial charge in [0.05, 0.1) is 17.0 Å². The third-order valence-corrected chi connectivity index (χ3v) is 7.68. The molecule has 0 saturated carbocycles. The Bertz CT molecular complexity index is 1760. The van der Waals surface area contributed by atoms with Crippen LogP contribution in [0.3, 0.4) is 0 Å². The fraction of sp³-hybridized carbons (Fsp3) is 0.179. The normalized spacial score (nSPS) is 11.6. The Kier molecular flexibility index (Phi) is 8.29. The van der Waals surface area contributed by atoms with Crippen LogP contribution >= 0.6 is 11.3 Å². The Morgan fingerprint density at radius 2 is 1.90 bits per heavy atom. The van der Waals surface area contributed by atoms with Gasteiger partial charge in [0, 0.05) is 47.4 Å². The lowest BCUT2D eigenvalue weighted by Gasteiger charge is -2.12. The number of benzene rings is 3. The maximum Gasteiger partial charge on any atom is 0.167 e. The number of ether oxygens (including phenoxy) is 1. The van der Waals surface area contributed by atoms with Gasteiger partial charge in [-0.25, -0.2) is 32.2 Å². The van der Waals surface area contributed by atoms with Crippen molar-refractivity contribution < 1.29 is 21.9 Å². The molecule has 0 radical (unpaired) electrons. The summed E-state index contributed by atoms with van der Waals surface area (Å²) in [5.41, 5.74) is 3.40. The van der Waals surface area contributed by atoms with E-state index in [1.165, 1.54) is 48.2 Å². The fourth-order valence-corrected chi connectivity index (χ4v) is 5.20. The molecule has 8 nitrogen and oxygen atoms in total. The van der Waals surface area contributed by atoms with E-state index in [4.69, 9.17) is 4.74 Å². The highest BCUT2D eigenvalue weighted by molar-refractivity contribution is 7.90. The number of hydrogen-bond acceptors (Lipinski definition) is 9. The monoisotopic (exact) mass is 581 g/mol. The number of nitrogens with one attached hydrogen (secondary N) is 2. The van der Waals surface area contributed by atoms with Crippen LogP contribution in [0, 0.1) is 11.6 Å². The van der Waals surface area contributed by atoms with Crippen molar-refractivity contribution in [2.24, 2.45) is 0 Å². The Hall–Kier alpha value is -4.00. The maximum absolute atomic E-state index is 14.8. The van der Waals surface area contributed by atoms with Gasteiger partial charge < -0.3 is 15.4 Å². The zero-order valence-electron chi connectivity index (χ0n) is 21.4. The van der Waals surface area contributed by atoms with Crippen LogP contribution in [0.15, 0.2) is 72.4 Å². The minimum atomic E-state index is -3.02. The summed E-state index contributed by atoms with van der Waals surface area (Å²) in [6.45, 7) is 0.865. The van der Waals surface area contributed by atoms with Crippen molar-refractivity contribution in [1.82, 2.24) is 20.3 Å². The van der Waals surface area contributed by atoms with E-state index >= 15 is 0 Å². The van der Waals surface area contributed by atoms with Gasteiger partial charge >= 0.3 is 0 Å². The first kappa shape index (κ1) is 27.6. The number of thiazole rings is 1. The summed E-state index contributed by atoms with van der Waals surface area (Å²) in [5.74, 6) is -0.330. The highest BCUT2D eigenvalue weighted by Crippen LogP contribution is 2.30. The maximum atomic E-state index is 14.8. The third kappa shape index (κ3) is 7.14. The van der Waals surface area contributed by atoms with E-state index in [1.54, 1.807) is 18.2 Å². The minimum Gasteiger partial charge on any atom is -0.486 e. The van der Waals surface area contributed by atoms with Gasteiger partial charge in [-0.05, 0) is 42.0 Å². The van der Waals surface area contributed by atoms with E-state index in [-0.39, 0.29) is 23.9 Å². The topological polar surface area (TPSA) is 106 Å². The van der Waals surface area contributed by atoms with Crippen LogP contribution in [0.5, 0.6) is 5.75 Å². The van der Waals surface area contributed by atoms with Gasteiger partial charge in [0.25, 0.3) is 0 Å². The molecular weight excluding hydrogens is 556 g/mol. The molecule has 0 atom stereocenters. The summed E-state index contributed by atoms with van der Waals surface area (Å²) >= 11 is 1.48. The number of nitrogens with zero attached hydrogens (tertiary/aromatic N) is 3. The standard InChI is InChI=1S/C28H25F2N5O3S2/c1-40(36,37)10-9-31-14-27-35-25(16-39-27)19-5-7-24-22(12-19)28(33-17-32-24)34-21-6-8-26(23(30)13-21)38-15-18-3-2-4-20(29)11-18/h2-8,11-13,16-17,31H,9-10,14-15H2,1H3,(H,32,33,34). The minimum absolute atomic E-state index is 0.0375. The molecule has 0 saturated heterocycles. The van der Waals surface area contributed by atoms with Gasteiger partial charge in [0.15, 0.2) is 11.6 Å². The Balaban J connectivity index is 1.29. The van der Waals surface area contributed by atoms with Gasteiger partial charge in [-0.1, -0.05) is 18.2 Å². The van der Waals surface area contributed by atoms with E-state index in [0.717, 1.165) is 21.7 Å². The van der Waals surface area contributed by atoms with Crippen molar-refractivity contribution in [3.05, 3.63) is 94.6 Å². The molecule has 0 amide bonds. The number of fused-ring (bicyclic) bond motifs is 1. The van der Waals surface area contributed by atoms with Gasteiger partial charge in [0.1, 0.15) is 39.4 Å². The van der Waals surface area contributed by atoms with Crippen LogP contribution in [-0.2, 0) is 23.0 Å². The summed E-state index contributed by atoms with van der Waals surface area (Å²) in [5, 5.41) is 9.75. The van der Waals surface area contributed by atoms with Crippen LogP contribution < -0.4 is 15.4 Å². The van der Waals surface area contributed by atoms with Crippen molar-refractivity contribution in [3.8, 4) is 17.0 Å². The van der Waals surface area contributed by atoms with E-state index in [2.05, 4.69) is 25.6 Å². The van der Waals surface area contributed by atoms with Crippen LogP contribution in [0.4, 0.5) is 20.3 Å². The van der Waals surface area contributed by atoms with Gasteiger partial charge in [-0.15, -0.1) is 11.3 Å². The molecule has 0 aliphatic carbocycles. The molecular formula is C28H25F2N5O3S2. The summed E-state index contributed by atoms with van der Waals surface area (Å²) < 4.78 is 56.3. The molecule has 0 fully saturated rings. The quantitative estimate of drug-likeness (QED) is 0.197. The molecule has 0 bridgehead atoms. The first-order valence-corrected chi connectivity index (χ1v) is 15.2. The van der Waals surface area contributed by atoms with Crippen LogP contribution in [0.25, 0.3) is 22.2 Å². The van der Waals surface area contributed by atoms with E-state index in [9.17, 15) is 17.2 Å². The SMILES string of the molecule is CS(=O)(=O)CCNCc1nc(-c2ccc3ncnc(Nc4ccc(OCc5cccc(F)c5)c(F)c4)c3c2)cs1. The number of sulfone groups is 1. The molecule has 3 aromatic carbocycles. The predicted molar refractivity (Wildman–Crippen MR) is 152 cm³/mol. The Labute approximate surface area is 234 Å². The molecule has 0 aliphatic heterocycles. The van der Waals surface area contributed by atoms with Gasteiger partial charge in [-0.3, -0.25) is 0 Å². The fourth-order valence-electron chi connectivity index (χ4n) is 3.91. The molecule has 0 unspecified atom stereocenters. The molecule has 5 aromatic rings. The summed E-state index contributed by atoms with van der Waals surface area (Å²) in [6.07, 6.45) is 2.64. The van der Waals surface area contributed by atoms with Gasteiger partial charge in [0.2, 0.25) is 0 Å². The molecule has 0 spiro atoms. The number of halogens is 2. The predicted octanol–water partition coefficient (Wildman–Crippen LogP) is 5.49. The van der Waals surface area contributed by atoms with Crippen molar-refractivity contribution >= 4 is 43.6 Å². The van der Waals surface area contributed by atoms with Crippen molar-refractivity contribution in [2.45, 2.75) is 13.2 Å². The number of aromatic nitrogens is 3. The zero-order valence-corrected chi connectivity index (χ0v) is 23.0. The molecule has 12 heteroatoms. The highest BCUT2D eigenvalue weighted by Gasteiger charge is 2.12. The van der Waals surface area contributed by atoms with Crippen LogP contribution in [0.1, 0.15) is 10.6 Å². The lowest BCUT2D eigenvalue weighted by atomic mass is 10.1. The third-order valence-electron chi connectivity index (χ3n) is 5.89. The molecule has 0 aliphatic rings. The van der Waals surface area contributed by atoms with Crippen LogP contribution in [0.2, 0.25) is 0 Å². The first-order chi connectivity index (χ1) is 19.2. The average Bonchev–Trinajstić information content (AvgIpc) is 3.39. The largest absolute Gasteiger partial charge is 0.486 e. The van der Waals surface area contributed by atoms with Crippen LogP contribution in [-0.4, -0.2) is 41.9 Å². The Morgan fingerprint density at radius 1 is 1.02 bits per heavy atom. The molecule has 40 heavy (non-hydrogen) atoms. The number of anilines is 2. The lowest BCUT2D eigenvalue weighted by Crippen LogP contribution is -2.21. The van der Waals surface area contributed by atoms with E-state index in [1.807, 2.05) is 23.6 Å². The molecule has 2 aromatic heterocycles. The smallest absolute Gasteiger partial charge is 0.167 e. The van der Waals surface area contributed by atoms with Crippen molar-refractivity contribution in [1.29, 1.82) is 0 Å². The zero-order chi connectivity index (χ0) is 28.1. The summed E-state index contributed by atoms with van der Waals surface area (Å²) in [7, 11) is -3.02. The number of rotatable bonds is 11. The first-order valence-electron chi connectivity index (χ1n) is 12.3. The highest BCUT2D eigenvalue weighted by atomic mass is 32.2. The second kappa shape index (κ2) is 12.0. The van der Waals surface area contributed by atoms with Gasteiger partial charge in [-0.2, -0.15) is 0 Å². The Morgan fingerprint density at radius 3 is 2.70 bits per heavy atom. The van der Waals surface area contributed by atoms with E-state index < -0.39 is 15.7 Å². The summed E-state index contributed by atoms with van der Waals surface area (Å²) in [6, 6.07) is 16.1.